The summed E-state index contributed by atoms with van der Waals surface area (Å²) >= 11 is 3.37. The third kappa shape index (κ3) is 3.92. The van der Waals surface area contributed by atoms with Gasteiger partial charge < -0.3 is 5.32 Å². The van der Waals surface area contributed by atoms with Crippen molar-refractivity contribution in [3.63, 3.8) is 0 Å². The van der Waals surface area contributed by atoms with Gasteiger partial charge in [0.15, 0.2) is 0 Å². The molecule has 0 aliphatic rings. The van der Waals surface area contributed by atoms with Crippen LogP contribution in [0.5, 0.6) is 0 Å². The van der Waals surface area contributed by atoms with Gasteiger partial charge in [-0.2, -0.15) is 5.10 Å². The average molecular weight is 354 g/mol. The van der Waals surface area contributed by atoms with Gasteiger partial charge in [-0.1, -0.05) is 26.0 Å². The SMILES string of the molecule is CCCNC(c1cnn(CCC)c1)c1cccc(F)c1Br. The zero-order chi connectivity index (χ0) is 15.2. The van der Waals surface area contributed by atoms with Crippen LogP contribution in [0.3, 0.4) is 0 Å². The molecular weight excluding hydrogens is 333 g/mol. The Morgan fingerprint density at radius 1 is 1.33 bits per heavy atom. The minimum Gasteiger partial charge on any atom is -0.306 e. The molecule has 0 saturated heterocycles. The number of rotatable bonds is 7. The van der Waals surface area contributed by atoms with Crippen molar-refractivity contribution in [2.75, 3.05) is 6.54 Å². The minimum absolute atomic E-state index is 0.0550. The van der Waals surface area contributed by atoms with Crippen molar-refractivity contribution in [2.24, 2.45) is 0 Å². The van der Waals surface area contributed by atoms with Gasteiger partial charge in [-0.05, 0) is 46.9 Å². The molecule has 0 aliphatic heterocycles. The van der Waals surface area contributed by atoms with Gasteiger partial charge in [0.1, 0.15) is 5.82 Å². The summed E-state index contributed by atoms with van der Waals surface area (Å²) in [5, 5.41) is 7.86. The summed E-state index contributed by atoms with van der Waals surface area (Å²) in [4.78, 5) is 0. The van der Waals surface area contributed by atoms with Crippen molar-refractivity contribution in [3.05, 3.63) is 52.0 Å². The standard InChI is InChI=1S/C16H21BrFN3/c1-3-8-19-16(12-10-20-21(11-12)9-4-2)13-6-5-7-14(18)15(13)17/h5-7,10-11,16,19H,3-4,8-9H2,1-2H3. The van der Waals surface area contributed by atoms with Crippen LogP contribution in [-0.2, 0) is 6.54 Å². The molecule has 0 bridgehead atoms. The van der Waals surface area contributed by atoms with Gasteiger partial charge in [0, 0.05) is 18.3 Å². The van der Waals surface area contributed by atoms with Gasteiger partial charge in [-0.3, -0.25) is 4.68 Å². The van der Waals surface area contributed by atoms with Gasteiger partial charge in [0.25, 0.3) is 0 Å². The topological polar surface area (TPSA) is 29.9 Å². The average Bonchev–Trinajstić information content (AvgIpc) is 2.92. The minimum atomic E-state index is -0.239. The number of benzene rings is 1. The first kappa shape index (κ1) is 16.2. The van der Waals surface area contributed by atoms with Crippen molar-refractivity contribution < 1.29 is 4.39 Å². The maximum absolute atomic E-state index is 13.8. The first-order chi connectivity index (χ1) is 10.2. The molecule has 21 heavy (non-hydrogen) atoms. The molecule has 1 heterocycles. The number of hydrogen-bond acceptors (Lipinski definition) is 2. The number of nitrogens with zero attached hydrogens (tertiary/aromatic N) is 2. The van der Waals surface area contributed by atoms with Crippen LogP contribution >= 0.6 is 15.9 Å². The van der Waals surface area contributed by atoms with E-state index in [1.54, 1.807) is 6.07 Å². The molecule has 5 heteroatoms. The monoisotopic (exact) mass is 353 g/mol. The number of nitrogens with one attached hydrogen (secondary N) is 1. The molecule has 1 unspecified atom stereocenters. The third-order valence-electron chi connectivity index (χ3n) is 3.33. The lowest BCUT2D eigenvalue weighted by atomic mass is 10.0. The molecule has 0 amide bonds. The highest BCUT2D eigenvalue weighted by molar-refractivity contribution is 9.10. The van der Waals surface area contributed by atoms with E-state index in [0.717, 1.165) is 37.1 Å². The molecule has 1 N–H and O–H groups in total. The smallest absolute Gasteiger partial charge is 0.137 e. The molecule has 114 valence electrons. The highest BCUT2D eigenvalue weighted by Crippen LogP contribution is 2.30. The second-order valence-corrected chi connectivity index (χ2v) is 5.86. The molecule has 0 aliphatic carbocycles. The van der Waals surface area contributed by atoms with Crippen LogP contribution < -0.4 is 5.32 Å². The van der Waals surface area contributed by atoms with E-state index in [-0.39, 0.29) is 11.9 Å². The van der Waals surface area contributed by atoms with Gasteiger partial charge in [-0.25, -0.2) is 4.39 Å². The van der Waals surface area contributed by atoms with E-state index in [2.05, 4.69) is 40.2 Å². The van der Waals surface area contributed by atoms with E-state index in [1.165, 1.54) is 6.07 Å². The van der Waals surface area contributed by atoms with E-state index < -0.39 is 0 Å². The quantitative estimate of drug-likeness (QED) is 0.804. The molecule has 3 nitrogen and oxygen atoms in total. The molecule has 1 atom stereocenters. The molecule has 2 rings (SSSR count). The maximum atomic E-state index is 13.8. The van der Waals surface area contributed by atoms with Crippen LogP contribution in [0.2, 0.25) is 0 Å². The fourth-order valence-electron chi connectivity index (χ4n) is 2.32. The third-order valence-corrected chi connectivity index (χ3v) is 4.17. The maximum Gasteiger partial charge on any atom is 0.137 e. The molecule has 1 aromatic carbocycles. The molecule has 0 spiro atoms. The molecule has 0 saturated carbocycles. The molecule has 2 aromatic rings. The summed E-state index contributed by atoms with van der Waals surface area (Å²) in [5.74, 6) is -0.239. The lowest BCUT2D eigenvalue weighted by Gasteiger charge is -2.19. The second-order valence-electron chi connectivity index (χ2n) is 5.07. The van der Waals surface area contributed by atoms with Crippen LogP contribution in [0.1, 0.15) is 43.9 Å². The van der Waals surface area contributed by atoms with E-state index in [1.807, 2.05) is 23.1 Å². The van der Waals surface area contributed by atoms with Crippen molar-refractivity contribution in [1.82, 2.24) is 15.1 Å². The lowest BCUT2D eigenvalue weighted by Crippen LogP contribution is -2.23. The summed E-state index contributed by atoms with van der Waals surface area (Å²) in [6.45, 7) is 6.00. The van der Waals surface area contributed by atoms with Crippen LogP contribution in [0.25, 0.3) is 0 Å². The molecule has 0 radical (unpaired) electrons. The molecule has 0 fully saturated rings. The van der Waals surface area contributed by atoms with Crippen molar-refractivity contribution in [3.8, 4) is 0 Å². The number of hydrogen-bond donors (Lipinski definition) is 1. The number of aromatic nitrogens is 2. The first-order valence-electron chi connectivity index (χ1n) is 7.37. The Bertz CT molecular complexity index is 583. The Labute approximate surface area is 133 Å². The van der Waals surface area contributed by atoms with Gasteiger partial charge in [0.05, 0.1) is 16.7 Å². The van der Waals surface area contributed by atoms with E-state index >= 15 is 0 Å². The molecular formula is C16H21BrFN3. The van der Waals surface area contributed by atoms with Crippen LogP contribution in [0.4, 0.5) is 4.39 Å². The summed E-state index contributed by atoms with van der Waals surface area (Å²) in [5.41, 5.74) is 1.96. The van der Waals surface area contributed by atoms with Crippen molar-refractivity contribution in [2.45, 2.75) is 39.3 Å². The number of aryl methyl sites for hydroxylation is 1. The summed E-state index contributed by atoms with van der Waals surface area (Å²) in [7, 11) is 0. The Morgan fingerprint density at radius 2 is 2.14 bits per heavy atom. The normalized spacial score (nSPS) is 12.6. The van der Waals surface area contributed by atoms with Gasteiger partial charge >= 0.3 is 0 Å². The Morgan fingerprint density at radius 3 is 2.86 bits per heavy atom. The second kappa shape index (κ2) is 7.71. The summed E-state index contributed by atoms with van der Waals surface area (Å²) in [6.07, 6.45) is 5.96. The highest BCUT2D eigenvalue weighted by Gasteiger charge is 2.19. The largest absolute Gasteiger partial charge is 0.306 e. The Hall–Kier alpha value is -1.20. The zero-order valence-electron chi connectivity index (χ0n) is 12.4. The fraction of sp³-hybridized carbons (Fsp3) is 0.438. The first-order valence-corrected chi connectivity index (χ1v) is 8.16. The highest BCUT2D eigenvalue weighted by atomic mass is 79.9. The van der Waals surface area contributed by atoms with E-state index in [4.69, 9.17) is 0 Å². The Balaban J connectivity index is 2.34. The fourth-order valence-corrected chi connectivity index (χ4v) is 2.81. The van der Waals surface area contributed by atoms with Gasteiger partial charge in [-0.15, -0.1) is 0 Å². The molecule has 1 aromatic heterocycles. The summed E-state index contributed by atoms with van der Waals surface area (Å²) in [6, 6.07) is 5.09. The zero-order valence-corrected chi connectivity index (χ0v) is 14.0. The van der Waals surface area contributed by atoms with Crippen molar-refractivity contribution >= 4 is 15.9 Å². The predicted octanol–water partition coefficient (Wildman–Crippen LogP) is 4.28. The Kier molecular flexibility index (Phi) is 5.94. The van der Waals surface area contributed by atoms with E-state index in [9.17, 15) is 4.39 Å². The van der Waals surface area contributed by atoms with E-state index in [0.29, 0.717) is 4.47 Å². The van der Waals surface area contributed by atoms with Crippen molar-refractivity contribution in [1.29, 1.82) is 0 Å². The van der Waals surface area contributed by atoms with Crippen LogP contribution in [0, 0.1) is 5.82 Å². The van der Waals surface area contributed by atoms with Crippen LogP contribution in [-0.4, -0.2) is 16.3 Å². The number of halogens is 2. The van der Waals surface area contributed by atoms with Crippen LogP contribution in [0.15, 0.2) is 35.1 Å². The lowest BCUT2D eigenvalue weighted by molar-refractivity contribution is 0.576. The summed E-state index contributed by atoms with van der Waals surface area (Å²) < 4.78 is 16.3. The van der Waals surface area contributed by atoms with Gasteiger partial charge in [0.2, 0.25) is 0 Å². The predicted molar refractivity (Wildman–Crippen MR) is 86.8 cm³/mol.